The molecule has 1 N–H and O–H groups in total. The summed E-state index contributed by atoms with van der Waals surface area (Å²) in [6.45, 7) is 8.72. The van der Waals surface area contributed by atoms with E-state index in [-0.39, 0.29) is 6.61 Å². The number of hydrogen-bond donors (Lipinski definition) is 1. The number of aliphatic hydroxyl groups excluding tert-OH is 1. The number of aromatic nitrogens is 4. The summed E-state index contributed by atoms with van der Waals surface area (Å²) in [4.78, 5) is 4.65. The predicted molar refractivity (Wildman–Crippen MR) is 79.0 cm³/mol. The fourth-order valence-electron chi connectivity index (χ4n) is 2.29. The van der Waals surface area contributed by atoms with Crippen LogP contribution in [-0.2, 0) is 19.4 Å². The maximum Gasteiger partial charge on any atom is 0.151 e. The lowest BCUT2D eigenvalue weighted by Crippen LogP contribution is -2.10. The van der Waals surface area contributed by atoms with Crippen LogP contribution >= 0.6 is 0 Å². The number of aryl methyl sites for hydroxylation is 2. The molecule has 0 saturated heterocycles. The predicted octanol–water partition coefficient (Wildman–Crippen LogP) is 2.05. The summed E-state index contributed by atoms with van der Waals surface area (Å²) in [6.07, 6.45) is 2.60. The Morgan fingerprint density at radius 1 is 1.33 bits per heavy atom. The molecular weight excluding hydrogens is 268 g/mol. The Hall–Kier alpha value is -1.69. The first kappa shape index (κ1) is 15.7. The second-order valence-corrected chi connectivity index (χ2v) is 5.59. The first-order valence-corrected chi connectivity index (χ1v) is 7.50. The third-order valence-electron chi connectivity index (χ3n) is 3.85. The molecule has 2 aromatic heterocycles. The van der Waals surface area contributed by atoms with Crippen molar-refractivity contribution in [3.63, 3.8) is 0 Å². The van der Waals surface area contributed by atoms with E-state index in [4.69, 9.17) is 4.52 Å². The summed E-state index contributed by atoms with van der Waals surface area (Å²) < 4.78 is 6.99. The Morgan fingerprint density at radius 2 is 2.10 bits per heavy atom. The zero-order valence-corrected chi connectivity index (χ0v) is 13.3. The highest BCUT2D eigenvalue weighted by atomic mass is 16.5. The molecule has 2 aromatic rings. The van der Waals surface area contributed by atoms with Crippen molar-refractivity contribution in [2.24, 2.45) is 5.92 Å². The van der Waals surface area contributed by atoms with E-state index >= 15 is 0 Å². The average molecular weight is 292 g/mol. The lowest BCUT2D eigenvalue weighted by molar-refractivity contribution is 0.267. The number of nitrogens with zero attached hydrogens (tertiary/aromatic N) is 4. The highest BCUT2D eigenvalue weighted by molar-refractivity contribution is 5.24. The van der Waals surface area contributed by atoms with E-state index in [0.717, 1.165) is 41.5 Å². The average Bonchev–Trinajstić information content (AvgIpc) is 2.97. The Kier molecular flexibility index (Phi) is 5.12. The summed E-state index contributed by atoms with van der Waals surface area (Å²) >= 11 is 0. The van der Waals surface area contributed by atoms with Crippen molar-refractivity contribution in [3.8, 4) is 0 Å². The number of hydrogen-bond acceptors (Lipinski definition) is 5. The van der Waals surface area contributed by atoms with Crippen molar-refractivity contribution in [3.05, 3.63) is 28.7 Å². The van der Waals surface area contributed by atoms with Crippen LogP contribution in [0.4, 0.5) is 0 Å². The molecule has 0 unspecified atom stereocenters. The van der Waals surface area contributed by atoms with Crippen LogP contribution in [0.5, 0.6) is 0 Å². The highest BCUT2D eigenvalue weighted by Crippen LogP contribution is 2.17. The zero-order chi connectivity index (χ0) is 15.4. The number of rotatable bonds is 7. The summed E-state index contributed by atoms with van der Waals surface area (Å²) in [5.74, 6) is 3.08. The maximum atomic E-state index is 9.20. The third kappa shape index (κ3) is 3.69. The molecule has 0 aromatic carbocycles. The Bertz CT molecular complexity index is 569. The van der Waals surface area contributed by atoms with E-state index in [2.05, 4.69) is 29.1 Å². The standard InChI is InChI=1S/C15H24N4O2/c1-5-10(2)8-14-16-15(19(17-14)6-7-20)9-13-11(3)18-21-12(13)4/h10,20H,5-9H2,1-4H3/t10-/m0/s1. The SMILES string of the molecule is CC[C@H](C)Cc1nc(Cc2c(C)noc2C)n(CCO)n1. The van der Waals surface area contributed by atoms with Gasteiger partial charge in [0.05, 0.1) is 18.8 Å². The van der Waals surface area contributed by atoms with Gasteiger partial charge >= 0.3 is 0 Å². The van der Waals surface area contributed by atoms with Gasteiger partial charge < -0.3 is 9.63 Å². The molecule has 116 valence electrons. The van der Waals surface area contributed by atoms with E-state index in [0.29, 0.717) is 18.9 Å². The topological polar surface area (TPSA) is 77.0 Å². The normalized spacial score (nSPS) is 12.8. The minimum atomic E-state index is 0.0563. The van der Waals surface area contributed by atoms with Crippen molar-refractivity contribution in [2.45, 2.75) is 53.5 Å². The molecule has 1 atom stereocenters. The van der Waals surface area contributed by atoms with Crippen LogP contribution in [0.2, 0.25) is 0 Å². The molecule has 0 fully saturated rings. The second-order valence-electron chi connectivity index (χ2n) is 5.59. The molecule has 0 aliphatic rings. The maximum absolute atomic E-state index is 9.20. The summed E-state index contributed by atoms with van der Waals surface area (Å²) in [5, 5.41) is 17.7. The molecule has 0 aliphatic heterocycles. The fourth-order valence-corrected chi connectivity index (χ4v) is 2.29. The third-order valence-corrected chi connectivity index (χ3v) is 3.85. The summed E-state index contributed by atoms with van der Waals surface area (Å²) in [5.41, 5.74) is 1.94. The van der Waals surface area contributed by atoms with Gasteiger partial charge in [-0.2, -0.15) is 5.10 Å². The molecule has 2 heterocycles. The molecule has 21 heavy (non-hydrogen) atoms. The van der Waals surface area contributed by atoms with Crippen LogP contribution in [0, 0.1) is 19.8 Å². The van der Waals surface area contributed by atoms with E-state index < -0.39 is 0 Å². The first-order valence-electron chi connectivity index (χ1n) is 7.50. The highest BCUT2D eigenvalue weighted by Gasteiger charge is 2.16. The van der Waals surface area contributed by atoms with Gasteiger partial charge in [-0.25, -0.2) is 9.67 Å². The zero-order valence-electron chi connectivity index (χ0n) is 13.3. The van der Waals surface area contributed by atoms with Gasteiger partial charge in [0, 0.05) is 18.4 Å². The van der Waals surface area contributed by atoms with Crippen LogP contribution in [0.25, 0.3) is 0 Å². The van der Waals surface area contributed by atoms with Gasteiger partial charge in [-0.05, 0) is 19.8 Å². The van der Waals surface area contributed by atoms with Gasteiger partial charge in [0.2, 0.25) is 0 Å². The molecular formula is C15H24N4O2. The smallest absolute Gasteiger partial charge is 0.151 e. The fraction of sp³-hybridized carbons (Fsp3) is 0.667. The quantitative estimate of drug-likeness (QED) is 0.845. The summed E-state index contributed by atoms with van der Waals surface area (Å²) in [6, 6.07) is 0. The molecule has 0 radical (unpaired) electrons. The Balaban J connectivity index is 2.24. The van der Waals surface area contributed by atoms with Gasteiger partial charge in [0.15, 0.2) is 5.82 Å². The van der Waals surface area contributed by atoms with E-state index in [1.165, 1.54) is 0 Å². The lowest BCUT2D eigenvalue weighted by Gasteiger charge is -2.03. The minimum absolute atomic E-state index is 0.0563. The van der Waals surface area contributed by atoms with Gasteiger partial charge in [0.1, 0.15) is 11.6 Å². The van der Waals surface area contributed by atoms with Gasteiger partial charge in [-0.15, -0.1) is 0 Å². The molecule has 0 spiro atoms. The molecule has 0 bridgehead atoms. The molecule has 2 rings (SSSR count). The van der Waals surface area contributed by atoms with Crippen LogP contribution < -0.4 is 0 Å². The van der Waals surface area contributed by atoms with E-state index in [1.54, 1.807) is 4.68 Å². The van der Waals surface area contributed by atoms with Gasteiger partial charge in [-0.3, -0.25) is 0 Å². The van der Waals surface area contributed by atoms with Gasteiger partial charge in [-0.1, -0.05) is 25.4 Å². The van der Waals surface area contributed by atoms with Crippen molar-refractivity contribution in [1.29, 1.82) is 0 Å². The van der Waals surface area contributed by atoms with E-state index in [1.807, 2.05) is 13.8 Å². The van der Waals surface area contributed by atoms with Gasteiger partial charge in [0.25, 0.3) is 0 Å². The molecule has 0 amide bonds. The largest absolute Gasteiger partial charge is 0.394 e. The van der Waals surface area contributed by atoms with Crippen LogP contribution in [0.3, 0.4) is 0 Å². The van der Waals surface area contributed by atoms with Crippen LogP contribution in [0.1, 0.15) is 48.9 Å². The second kappa shape index (κ2) is 6.85. The minimum Gasteiger partial charge on any atom is -0.394 e. The monoisotopic (exact) mass is 292 g/mol. The van der Waals surface area contributed by atoms with E-state index in [9.17, 15) is 5.11 Å². The Labute approximate surface area is 125 Å². The molecule has 6 heteroatoms. The molecule has 0 aliphatic carbocycles. The first-order chi connectivity index (χ1) is 10.0. The van der Waals surface area contributed by atoms with Crippen LogP contribution in [-0.4, -0.2) is 31.6 Å². The number of aliphatic hydroxyl groups is 1. The van der Waals surface area contributed by atoms with Crippen molar-refractivity contribution >= 4 is 0 Å². The molecule has 0 saturated carbocycles. The van der Waals surface area contributed by atoms with Crippen molar-refractivity contribution in [2.75, 3.05) is 6.61 Å². The van der Waals surface area contributed by atoms with Crippen LogP contribution in [0.15, 0.2) is 4.52 Å². The lowest BCUT2D eigenvalue weighted by atomic mass is 10.1. The summed E-state index contributed by atoms with van der Waals surface area (Å²) in [7, 11) is 0. The Morgan fingerprint density at radius 3 is 2.67 bits per heavy atom. The molecule has 6 nitrogen and oxygen atoms in total. The van der Waals surface area contributed by atoms with Crippen molar-refractivity contribution < 1.29 is 9.63 Å². The van der Waals surface area contributed by atoms with Crippen molar-refractivity contribution in [1.82, 2.24) is 19.9 Å².